The largest absolute Gasteiger partial charge is 0.455 e. The second-order valence-electron chi connectivity index (χ2n) is 16.0. The van der Waals surface area contributed by atoms with Gasteiger partial charge in [-0.1, -0.05) is 158 Å². The van der Waals surface area contributed by atoms with Crippen molar-refractivity contribution in [3.8, 4) is 56.7 Å². The summed E-state index contributed by atoms with van der Waals surface area (Å²) < 4.78 is 11.3. The standard InChI is InChI=1S/C57H35N5O/c1-4-17-36(18-5-1)55-58-56(37-19-6-2-7-20-37)60-57(59-55)62-50-29-14-11-24-41(50)48-34-45(46(35-52(48)62)44-27-16-26-43-42-25-12-15-30-53(42)63-54(43)44)38-31-32-51-47(33-38)40-23-10-13-28-49(40)61(51)39-21-8-3-9-22-39/h1-35H. The summed E-state index contributed by atoms with van der Waals surface area (Å²) in [5.41, 5.74) is 13.3. The lowest BCUT2D eigenvalue weighted by Crippen LogP contribution is -2.06. The molecule has 4 heterocycles. The van der Waals surface area contributed by atoms with Crippen LogP contribution >= 0.6 is 0 Å². The van der Waals surface area contributed by atoms with E-state index in [0.29, 0.717) is 17.6 Å². The third kappa shape index (κ3) is 5.55. The number of aromatic nitrogens is 5. The summed E-state index contributed by atoms with van der Waals surface area (Å²) in [6.45, 7) is 0. The monoisotopic (exact) mass is 805 g/mol. The van der Waals surface area contributed by atoms with E-state index < -0.39 is 0 Å². The summed E-state index contributed by atoms with van der Waals surface area (Å²) in [5.74, 6) is 1.76. The van der Waals surface area contributed by atoms with E-state index in [0.717, 1.165) is 88.3 Å². The van der Waals surface area contributed by atoms with Gasteiger partial charge in [0, 0.05) is 54.7 Å². The third-order valence-corrected chi connectivity index (χ3v) is 12.4. The van der Waals surface area contributed by atoms with Crippen LogP contribution in [0.15, 0.2) is 217 Å². The summed E-state index contributed by atoms with van der Waals surface area (Å²) >= 11 is 0. The highest BCUT2D eigenvalue weighted by molar-refractivity contribution is 6.16. The van der Waals surface area contributed by atoms with Crippen molar-refractivity contribution in [2.75, 3.05) is 0 Å². The zero-order chi connectivity index (χ0) is 41.4. The minimum absolute atomic E-state index is 0.546. The number of hydrogen-bond donors (Lipinski definition) is 0. The molecule has 0 bridgehead atoms. The van der Waals surface area contributed by atoms with Crippen LogP contribution in [-0.2, 0) is 0 Å². The maximum Gasteiger partial charge on any atom is 0.238 e. The zero-order valence-electron chi connectivity index (χ0n) is 33.9. The van der Waals surface area contributed by atoms with Crippen molar-refractivity contribution in [2.24, 2.45) is 0 Å². The summed E-state index contributed by atoms with van der Waals surface area (Å²) in [4.78, 5) is 15.5. The highest BCUT2D eigenvalue weighted by Gasteiger charge is 2.23. The van der Waals surface area contributed by atoms with Crippen molar-refractivity contribution in [2.45, 2.75) is 0 Å². The highest BCUT2D eigenvalue weighted by atomic mass is 16.3. The van der Waals surface area contributed by atoms with Crippen LogP contribution in [0.4, 0.5) is 0 Å². The van der Waals surface area contributed by atoms with Gasteiger partial charge in [0.15, 0.2) is 11.6 Å². The molecule has 13 rings (SSSR count). The fourth-order valence-corrected chi connectivity index (χ4v) is 9.54. The first-order valence-electron chi connectivity index (χ1n) is 21.2. The minimum Gasteiger partial charge on any atom is -0.455 e. The van der Waals surface area contributed by atoms with E-state index in [9.17, 15) is 0 Å². The Labute approximate surface area is 361 Å². The number of fused-ring (bicyclic) bond motifs is 9. The molecule has 4 aromatic heterocycles. The fourth-order valence-electron chi connectivity index (χ4n) is 9.54. The minimum atomic E-state index is 0.546. The molecule has 0 unspecified atom stereocenters. The fraction of sp³-hybridized carbons (Fsp3) is 0. The molecular formula is C57H35N5O. The smallest absolute Gasteiger partial charge is 0.238 e. The molecule has 0 radical (unpaired) electrons. The van der Waals surface area contributed by atoms with Crippen LogP contribution in [0.1, 0.15) is 0 Å². The molecule has 0 aliphatic rings. The van der Waals surface area contributed by atoms with E-state index in [1.807, 2.05) is 72.8 Å². The first kappa shape index (κ1) is 35.2. The maximum absolute atomic E-state index is 6.78. The van der Waals surface area contributed by atoms with Crippen molar-refractivity contribution < 1.29 is 4.42 Å². The van der Waals surface area contributed by atoms with Gasteiger partial charge in [-0.3, -0.25) is 4.57 Å². The van der Waals surface area contributed by atoms with Gasteiger partial charge in [0.1, 0.15) is 11.2 Å². The quantitative estimate of drug-likeness (QED) is 0.168. The molecule has 6 heteroatoms. The first-order valence-corrected chi connectivity index (χ1v) is 21.2. The van der Waals surface area contributed by atoms with Crippen molar-refractivity contribution in [1.82, 2.24) is 24.1 Å². The maximum atomic E-state index is 6.78. The van der Waals surface area contributed by atoms with Gasteiger partial charge < -0.3 is 8.98 Å². The molecule has 0 fully saturated rings. The number of furan rings is 1. The number of rotatable bonds is 6. The van der Waals surface area contributed by atoms with Gasteiger partial charge in [-0.05, 0) is 71.3 Å². The molecule has 0 amide bonds. The normalized spacial score (nSPS) is 11.8. The lowest BCUT2D eigenvalue weighted by atomic mass is 9.91. The predicted octanol–water partition coefficient (Wildman–Crippen LogP) is 14.6. The molecule has 0 aliphatic carbocycles. The van der Waals surface area contributed by atoms with Gasteiger partial charge in [-0.25, -0.2) is 4.98 Å². The van der Waals surface area contributed by atoms with Crippen molar-refractivity contribution in [1.29, 1.82) is 0 Å². The Balaban J connectivity index is 1.13. The van der Waals surface area contributed by atoms with Gasteiger partial charge in [-0.15, -0.1) is 0 Å². The predicted molar refractivity (Wildman–Crippen MR) is 258 cm³/mol. The SMILES string of the molecule is c1ccc(-c2nc(-c3ccccc3)nc(-n3c4ccccc4c4cc(-c5ccc6c(c5)c5ccccc5n6-c5ccccc5)c(-c5cccc6c5oc5ccccc56)cc43)n2)cc1. The summed E-state index contributed by atoms with van der Waals surface area (Å²) in [6, 6.07) is 74.5. The lowest BCUT2D eigenvalue weighted by Gasteiger charge is -2.15. The lowest BCUT2D eigenvalue weighted by molar-refractivity contribution is 0.670. The molecular weight excluding hydrogens is 771 g/mol. The second-order valence-corrected chi connectivity index (χ2v) is 16.0. The summed E-state index contributed by atoms with van der Waals surface area (Å²) in [6.07, 6.45) is 0. The Morgan fingerprint density at radius 3 is 1.57 bits per heavy atom. The third-order valence-electron chi connectivity index (χ3n) is 12.4. The van der Waals surface area contributed by atoms with Crippen molar-refractivity contribution in [3.05, 3.63) is 212 Å². The summed E-state index contributed by atoms with van der Waals surface area (Å²) in [5, 5.41) is 6.76. The Morgan fingerprint density at radius 2 is 0.873 bits per heavy atom. The molecule has 6 nitrogen and oxygen atoms in total. The van der Waals surface area contributed by atoms with Gasteiger partial charge >= 0.3 is 0 Å². The van der Waals surface area contributed by atoms with Gasteiger partial charge in [0.2, 0.25) is 5.95 Å². The molecule has 0 N–H and O–H groups in total. The average molecular weight is 806 g/mol. The number of para-hydroxylation sites is 5. The van der Waals surface area contributed by atoms with Crippen LogP contribution in [0.25, 0.3) is 122 Å². The second kappa shape index (κ2) is 14.0. The molecule has 294 valence electrons. The van der Waals surface area contributed by atoms with E-state index in [4.69, 9.17) is 19.4 Å². The van der Waals surface area contributed by atoms with E-state index in [1.54, 1.807) is 0 Å². The molecule has 0 saturated carbocycles. The zero-order valence-corrected chi connectivity index (χ0v) is 33.9. The molecule has 0 aliphatic heterocycles. The van der Waals surface area contributed by atoms with Crippen molar-refractivity contribution in [3.63, 3.8) is 0 Å². The van der Waals surface area contributed by atoms with Gasteiger partial charge in [0.05, 0.1) is 22.1 Å². The average Bonchev–Trinajstić information content (AvgIpc) is 4.02. The van der Waals surface area contributed by atoms with Crippen LogP contribution in [0.3, 0.4) is 0 Å². The van der Waals surface area contributed by atoms with Crippen LogP contribution in [-0.4, -0.2) is 24.1 Å². The number of nitrogens with zero attached hydrogens (tertiary/aromatic N) is 5. The number of hydrogen-bond acceptors (Lipinski definition) is 4. The van der Waals surface area contributed by atoms with Crippen molar-refractivity contribution >= 4 is 65.6 Å². The van der Waals surface area contributed by atoms with Crippen LogP contribution in [0.2, 0.25) is 0 Å². The summed E-state index contributed by atoms with van der Waals surface area (Å²) in [7, 11) is 0. The Bertz CT molecular complexity index is 3850. The van der Waals surface area contributed by atoms with Crippen LogP contribution in [0.5, 0.6) is 0 Å². The topological polar surface area (TPSA) is 61.7 Å². The Morgan fingerprint density at radius 1 is 0.317 bits per heavy atom. The first-order chi connectivity index (χ1) is 31.2. The Kier molecular flexibility index (Phi) is 7.80. The molecule has 9 aromatic carbocycles. The van der Waals surface area contributed by atoms with Gasteiger partial charge in [0.25, 0.3) is 0 Å². The molecule has 0 saturated heterocycles. The van der Waals surface area contributed by atoms with E-state index in [1.165, 1.54) is 16.3 Å². The van der Waals surface area contributed by atoms with E-state index in [2.05, 4.69) is 149 Å². The van der Waals surface area contributed by atoms with E-state index >= 15 is 0 Å². The molecule has 63 heavy (non-hydrogen) atoms. The van der Waals surface area contributed by atoms with Crippen LogP contribution in [0, 0.1) is 0 Å². The highest BCUT2D eigenvalue weighted by Crippen LogP contribution is 2.45. The van der Waals surface area contributed by atoms with E-state index in [-0.39, 0.29) is 0 Å². The number of benzene rings is 9. The molecule has 0 atom stereocenters. The van der Waals surface area contributed by atoms with Crippen LogP contribution < -0.4 is 0 Å². The Hall–Kier alpha value is -8.61. The molecule has 13 aromatic rings. The van der Waals surface area contributed by atoms with Gasteiger partial charge in [-0.2, -0.15) is 9.97 Å². The molecule has 0 spiro atoms.